The highest BCUT2D eigenvalue weighted by Gasteiger charge is 2.50. The molecule has 0 aliphatic carbocycles. The van der Waals surface area contributed by atoms with Gasteiger partial charge in [0.05, 0.1) is 12.3 Å². The van der Waals surface area contributed by atoms with E-state index in [-0.39, 0.29) is 30.6 Å². The van der Waals surface area contributed by atoms with Crippen molar-refractivity contribution in [1.82, 2.24) is 19.7 Å². The minimum atomic E-state index is -4.43. The van der Waals surface area contributed by atoms with Crippen LogP contribution in [-0.2, 0) is 14.3 Å². The number of nitrogens with one attached hydrogen (secondary N) is 1. The van der Waals surface area contributed by atoms with Crippen molar-refractivity contribution in [1.29, 1.82) is 0 Å². The highest BCUT2D eigenvalue weighted by atomic mass is 19.4. The fourth-order valence-electron chi connectivity index (χ4n) is 4.69. The van der Waals surface area contributed by atoms with Crippen molar-refractivity contribution in [2.45, 2.75) is 63.4 Å². The number of likely N-dealkylation sites (tertiary alicyclic amines) is 1. The van der Waals surface area contributed by atoms with Crippen LogP contribution in [0.3, 0.4) is 0 Å². The second-order valence-corrected chi connectivity index (χ2v) is 8.59. The number of aromatic nitrogens is 3. The Labute approximate surface area is 165 Å². The molecule has 0 saturated carbocycles. The van der Waals surface area contributed by atoms with Gasteiger partial charge in [0, 0.05) is 19.1 Å². The van der Waals surface area contributed by atoms with E-state index < -0.39 is 35.7 Å². The Bertz CT molecular complexity index is 809. The van der Waals surface area contributed by atoms with Gasteiger partial charge in [-0.2, -0.15) is 23.3 Å². The predicted molar refractivity (Wildman–Crippen MR) is 94.7 cm³/mol. The van der Waals surface area contributed by atoms with Crippen LogP contribution in [0, 0.1) is 11.8 Å². The number of fused-ring (bicyclic) bond motifs is 1. The van der Waals surface area contributed by atoms with E-state index in [1.165, 1.54) is 0 Å². The zero-order chi connectivity index (χ0) is 21.0. The van der Waals surface area contributed by atoms with Gasteiger partial charge >= 0.3 is 12.1 Å². The standard InChI is InChI=1S/C18H24F3N5O3/c1-17(2)11(6-14(27)29-17)15(28)25-5-3-4-10(8-25)12-7-13(18(19,20)21)26-16(24-12)22-9-23-26/h9-13H,3-8H2,1-2H3,(H,22,23,24)/t10?,11?,12-,13+/m0/s1. The molecule has 4 heterocycles. The number of halogens is 3. The summed E-state index contributed by atoms with van der Waals surface area (Å²) in [5.74, 6) is -1.19. The van der Waals surface area contributed by atoms with Gasteiger partial charge in [0.2, 0.25) is 11.9 Å². The van der Waals surface area contributed by atoms with Gasteiger partial charge in [0.15, 0.2) is 6.04 Å². The van der Waals surface area contributed by atoms with E-state index in [0.29, 0.717) is 25.9 Å². The Kier molecular flexibility index (Phi) is 4.73. The lowest BCUT2D eigenvalue weighted by Crippen LogP contribution is -2.51. The summed E-state index contributed by atoms with van der Waals surface area (Å²) >= 11 is 0. The molecule has 1 aromatic rings. The smallest absolute Gasteiger partial charge is 0.411 e. The number of alkyl halides is 3. The predicted octanol–water partition coefficient (Wildman–Crippen LogP) is 2.15. The first kappa shape index (κ1) is 20.0. The minimum absolute atomic E-state index is 0.0356. The van der Waals surface area contributed by atoms with Crippen molar-refractivity contribution in [2.75, 3.05) is 18.4 Å². The lowest BCUT2D eigenvalue weighted by Gasteiger charge is -2.42. The van der Waals surface area contributed by atoms with E-state index >= 15 is 0 Å². The Hall–Kier alpha value is -2.33. The summed E-state index contributed by atoms with van der Waals surface area (Å²) in [5.41, 5.74) is -0.873. The summed E-state index contributed by atoms with van der Waals surface area (Å²) in [6, 6.07) is -2.21. The number of anilines is 1. The Balaban J connectivity index is 1.49. The normalized spacial score (nSPS) is 31.8. The van der Waals surface area contributed by atoms with Gasteiger partial charge in [-0.25, -0.2) is 4.68 Å². The molecule has 0 spiro atoms. The van der Waals surface area contributed by atoms with E-state index in [4.69, 9.17) is 4.74 Å². The molecule has 29 heavy (non-hydrogen) atoms. The van der Waals surface area contributed by atoms with Gasteiger partial charge in [-0.3, -0.25) is 9.59 Å². The van der Waals surface area contributed by atoms with Crippen molar-refractivity contribution in [3.05, 3.63) is 6.33 Å². The van der Waals surface area contributed by atoms with E-state index in [0.717, 1.165) is 11.0 Å². The lowest BCUT2D eigenvalue weighted by molar-refractivity contribution is -0.175. The third-order valence-electron chi connectivity index (χ3n) is 6.26. The van der Waals surface area contributed by atoms with Gasteiger partial charge in [-0.15, -0.1) is 0 Å². The Morgan fingerprint density at radius 2 is 2.14 bits per heavy atom. The number of amides is 1. The number of nitrogens with zero attached hydrogens (tertiary/aromatic N) is 4. The zero-order valence-corrected chi connectivity index (χ0v) is 16.3. The van der Waals surface area contributed by atoms with Crippen LogP contribution in [0.25, 0.3) is 0 Å². The van der Waals surface area contributed by atoms with Crippen molar-refractivity contribution in [2.24, 2.45) is 11.8 Å². The first-order chi connectivity index (χ1) is 13.6. The summed E-state index contributed by atoms with van der Waals surface area (Å²) in [6.07, 6.45) is -2.04. The molecule has 2 saturated heterocycles. The van der Waals surface area contributed by atoms with E-state index in [1.54, 1.807) is 18.7 Å². The van der Waals surface area contributed by atoms with Crippen LogP contribution in [0.1, 0.15) is 45.6 Å². The molecule has 8 nitrogen and oxygen atoms in total. The highest BCUT2D eigenvalue weighted by molar-refractivity contribution is 5.87. The first-order valence-electron chi connectivity index (χ1n) is 9.79. The van der Waals surface area contributed by atoms with Crippen LogP contribution in [0.4, 0.5) is 19.1 Å². The number of piperidine rings is 1. The molecule has 0 bridgehead atoms. The number of hydrogen-bond donors (Lipinski definition) is 1. The molecule has 1 amide bonds. The number of cyclic esters (lactones) is 1. The fraction of sp³-hybridized carbons (Fsp3) is 0.778. The molecular weight excluding hydrogens is 391 g/mol. The number of esters is 1. The average molecular weight is 415 g/mol. The van der Waals surface area contributed by atoms with Crippen LogP contribution in [0.5, 0.6) is 0 Å². The molecule has 0 aromatic carbocycles. The molecule has 11 heteroatoms. The highest BCUT2D eigenvalue weighted by Crippen LogP contribution is 2.41. The quantitative estimate of drug-likeness (QED) is 0.745. The van der Waals surface area contributed by atoms with Gasteiger partial charge < -0.3 is 15.0 Å². The van der Waals surface area contributed by atoms with Gasteiger partial charge in [-0.05, 0) is 39.0 Å². The third kappa shape index (κ3) is 3.66. The maximum absolute atomic E-state index is 13.5. The summed E-state index contributed by atoms with van der Waals surface area (Å²) in [7, 11) is 0. The van der Waals surface area contributed by atoms with Gasteiger partial charge in [0.25, 0.3) is 0 Å². The lowest BCUT2D eigenvalue weighted by atomic mass is 9.84. The van der Waals surface area contributed by atoms with Crippen molar-refractivity contribution in [3.63, 3.8) is 0 Å². The van der Waals surface area contributed by atoms with Crippen LogP contribution >= 0.6 is 0 Å². The van der Waals surface area contributed by atoms with E-state index in [1.807, 2.05) is 0 Å². The summed E-state index contributed by atoms with van der Waals surface area (Å²) < 4.78 is 46.8. The second-order valence-electron chi connectivity index (χ2n) is 8.59. The van der Waals surface area contributed by atoms with Crippen LogP contribution < -0.4 is 5.32 Å². The minimum Gasteiger partial charge on any atom is -0.459 e. The topological polar surface area (TPSA) is 89.4 Å². The van der Waals surface area contributed by atoms with Crippen molar-refractivity contribution < 1.29 is 27.5 Å². The van der Waals surface area contributed by atoms with Crippen molar-refractivity contribution >= 4 is 17.8 Å². The monoisotopic (exact) mass is 415 g/mol. The molecule has 1 N–H and O–H groups in total. The molecule has 2 unspecified atom stereocenters. The number of ether oxygens (including phenoxy) is 1. The largest absolute Gasteiger partial charge is 0.459 e. The molecule has 160 valence electrons. The van der Waals surface area contributed by atoms with Crippen LogP contribution in [-0.4, -0.2) is 62.4 Å². The molecule has 3 aliphatic heterocycles. The van der Waals surface area contributed by atoms with Crippen molar-refractivity contribution in [3.8, 4) is 0 Å². The SMILES string of the molecule is CC1(C)OC(=O)CC1C(=O)N1CCCC([C@@H]2C[C@H](C(F)(F)F)n3ncnc3N2)C1. The van der Waals surface area contributed by atoms with E-state index in [2.05, 4.69) is 15.4 Å². The Morgan fingerprint density at radius 3 is 2.79 bits per heavy atom. The third-order valence-corrected chi connectivity index (χ3v) is 6.26. The van der Waals surface area contributed by atoms with Crippen LogP contribution in [0.2, 0.25) is 0 Å². The summed E-state index contributed by atoms with van der Waals surface area (Å²) in [5, 5.41) is 6.79. The summed E-state index contributed by atoms with van der Waals surface area (Å²) in [6.45, 7) is 4.30. The van der Waals surface area contributed by atoms with E-state index in [9.17, 15) is 22.8 Å². The van der Waals surface area contributed by atoms with Crippen LogP contribution in [0.15, 0.2) is 6.33 Å². The Morgan fingerprint density at radius 1 is 1.38 bits per heavy atom. The average Bonchev–Trinajstić information content (AvgIpc) is 3.22. The molecule has 0 radical (unpaired) electrons. The van der Waals surface area contributed by atoms with Gasteiger partial charge in [-0.1, -0.05) is 0 Å². The molecule has 1 aromatic heterocycles. The second kappa shape index (κ2) is 6.88. The molecule has 3 aliphatic rings. The number of carbonyl (C=O) groups excluding carboxylic acids is 2. The molecular formula is C18H24F3N5O3. The maximum Gasteiger partial charge on any atom is 0.411 e. The molecule has 4 atom stereocenters. The number of carbonyl (C=O) groups is 2. The summed E-state index contributed by atoms with van der Waals surface area (Å²) in [4.78, 5) is 30.3. The number of rotatable bonds is 2. The van der Waals surface area contributed by atoms with Gasteiger partial charge in [0.1, 0.15) is 11.9 Å². The number of hydrogen-bond acceptors (Lipinski definition) is 6. The fourth-order valence-corrected chi connectivity index (χ4v) is 4.69. The maximum atomic E-state index is 13.5. The first-order valence-corrected chi connectivity index (χ1v) is 9.79. The molecule has 4 rings (SSSR count). The molecule has 2 fully saturated rings. The zero-order valence-electron chi connectivity index (χ0n) is 16.3.